The Morgan fingerprint density at radius 1 is 1.44 bits per heavy atom. The maximum absolute atomic E-state index is 11.9. The molecule has 0 bridgehead atoms. The maximum atomic E-state index is 11.9. The first-order valence-corrected chi connectivity index (χ1v) is 9.80. The number of hydrogen-bond donors (Lipinski definition) is 2. The van der Waals surface area contributed by atoms with Crippen molar-refractivity contribution in [1.29, 1.82) is 0 Å². The number of hydrogen-bond acceptors (Lipinski definition) is 4. The summed E-state index contributed by atoms with van der Waals surface area (Å²) in [5.41, 5.74) is 0. The quantitative estimate of drug-likeness (QED) is 0.704. The van der Waals surface area contributed by atoms with E-state index >= 15 is 0 Å². The van der Waals surface area contributed by atoms with E-state index in [9.17, 15) is 12.6 Å². The molecule has 0 amide bonds. The largest absolute Gasteiger partial charge is 0.313 e. The summed E-state index contributed by atoms with van der Waals surface area (Å²) in [6, 6.07) is -0.0775. The highest BCUT2D eigenvalue weighted by Gasteiger charge is 2.22. The Bertz CT molecular complexity index is 364. The Labute approximate surface area is 113 Å². The van der Waals surface area contributed by atoms with Crippen LogP contribution in [0, 0.1) is 0 Å². The third-order valence-electron chi connectivity index (χ3n) is 3.05. The lowest BCUT2D eigenvalue weighted by atomic mass is 10.1. The monoisotopic (exact) mass is 296 g/mol. The summed E-state index contributed by atoms with van der Waals surface area (Å²) >= 11 is 0. The first kappa shape index (κ1) is 16.1. The fourth-order valence-electron chi connectivity index (χ4n) is 2.09. The van der Waals surface area contributed by atoms with Crippen molar-refractivity contribution in [2.75, 3.05) is 24.3 Å². The molecule has 1 aliphatic rings. The summed E-state index contributed by atoms with van der Waals surface area (Å²) < 4.78 is 37.5. The zero-order valence-corrected chi connectivity index (χ0v) is 12.8. The van der Waals surface area contributed by atoms with Crippen LogP contribution in [0.3, 0.4) is 0 Å². The normalized spacial score (nSPS) is 24.7. The van der Waals surface area contributed by atoms with Crippen LogP contribution in [-0.4, -0.2) is 49.0 Å². The molecule has 7 heteroatoms. The van der Waals surface area contributed by atoms with Crippen molar-refractivity contribution in [3.05, 3.63) is 0 Å². The first-order valence-electron chi connectivity index (χ1n) is 6.42. The molecule has 0 radical (unpaired) electrons. The molecule has 0 aromatic rings. The lowest BCUT2D eigenvalue weighted by molar-refractivity contribution is 0.421. The highest BCUT2D eigenvalue weighted by atomic mass is 32.2. The summed E-state index contributed by atoms with van der Waals surface area (Å²) in [6.07, 6.45) is 5.39. The second-order valence-electron chi connectivity index (χ2n) is 5.01. The van der Waals surface area contributed by atoms with Gasteiger partial charge in [0.05, 0.1) is 5.75 Å². The van der Waals surface area contributed by atoms with Crippen LogP contribution in [0.1, 0.15) is 32.6 Å². The highest BCUT2D eigenvalue weighted by Crippen LogP contribution is 2.09. The molecule has 0 spiro atoms. The van der Waals surface area contributed by atoms with Gasteiger partial charge in [-0.25, -0.2) is 13.1 Å². The Morgan fingerprint density at radius 2 is 2.17 bits per heavy atom. The molecule has 0 aromatic heterocycles. The minimum Gasteiger partial charge on any atom is -0.313 e. The van der Waals surface area contributed by atoms with Gasteiger partial charge in [-0.05, 0) is 32.7 Å². The zero-order chi connectivity index (χ0) is 13.6. The van der Waals surface area contributed by atoms with Crippen molar-refractivity contribution in [3.8, 4) is 0 Å². The van der Waals surface area contributed by atoms with E-state index in [-0.39, 0.29) is 17.8 Å². The minimum absolute atomic E-state index is 0.0729. The molecule has 3 atom stereocenters. The van der Waals surface area contributed by atoms with Crippen molar-refractivity contribution in [2.45, 2.75) is 44.7 Å². The lowest BCUT2D eigenvalue weighted by Crippen LogP contribution is -2.44. The Hall–Kier alpha value is 0.0200. The summed E-state index contributed by atoms with van der Waals surface area (Å²) in [6.45, 7) is 2.73. The molecular formula is C11H24N2O3S2. The van der Waals surface area contributed by atoms with Crippen LogP contribution >= 0.6 is 0 Å². The van der Waals surface area contributed by atoms with E-state index in [4.69, 9.17) is 0 Å². The predicted molar refractivity (Wildman–Crippen MR) is 75.6 cm³/mol. The van der Waals surface area contributed by atoms with Crippen LogP contribution in [0.5, 0.6) is 0 Å². The van der Waals surface area contributed by atoms with E-state index in [1.54, 1.807) is 6.26 Å². The average Bonchev–Trinajstić information content (AvgIpc) is 2.26. The molecule has 5 nitrogen and oxygen atoms in total. The molecule has 0 aromatic carbocycles. The molecule has 1 rings (SSSR count). The summed E-state index contributed by atoms with van der Waals surface area (Å²) in [7, 11) is -4.11. The van der Waals surface area contributed by atoms with E-state index in [1.165, 1.54) is 0 Å². The summed E-state index contributed by atoms with van der Waals surface area (Å²) in [4.78, 5) is 0. The molecule has 3 unspecified atom stereocenters. The zero-order valence-electron chi connectivity index (χ0n) is 11.1. The van der Waals surface area contributed by atoms with Gasteiger partial charge in [0.2, 0.25) is 10.0 Å². The number of rotatable bonds is 7. The molecule has 1 saturated heterocycles. The fraction of sp³-hybridized carbons (Fsp3) is 1.00. The molecular weight excluding hydrogens is 272 g/mol. The van der Waals surface area contributed by atoms with Crippen molar-refractivity contribution < 1.29 is 12.6 Å². The topological polar surface area (TPSA) is 75.3 Å². The van der Waals surface area contributed by atoms with Gasteiger partial charge in [0.15, 0.2) is 0 Å². The van der Waals surface area contributed by atoms with E-state index in [0.717, 1.165) is 25.8 Å². The van der Waals surface area contributed by atoms with Gasteiger partial charge in [-0.3, -0.25) is 4.21 Å². The first-order chi connectivity index (χ1) is 8.39. The van der Waals surface area contributed by atoms with Crippen LogP contribution in [0.4, 0.5) is 0 Å². The Balaban J connectivity index is 2.35. The average molecular weight is 296 g/mol. The van der Waals surface area contributed by atoms with Gasteiger partial charge in [-0.2, -0.15) is 0 Å². The van der Waals surface area contributed by atoms with Gasteiger partial charge in [-0.1, -0.05) is 6.42 Å². The number of nitrogens with one attached hydrogen (secondary N) is 2. The van der Waals surface area contributed by atoms with E-state index in [0.29, 0.717) is 12.2 Å². The van der Waals surface area contributed by atoms with Gasteiger partial charge in [0.25, 0.3) is 0 Å². The van der Waals surface area contributed by atoms with Crippen LogP contribution in [0.2, 0.25) is 0 Å². The van der Waals surface area contributed by atoms with Crippen LogP contribution in [0.25, 0.3) is 0 Å². The van der Waals surface area contributed by atoms with Crippen molar-refractivity contribution in [3.63, 3.8) is 0 Å². The van der Waals surface area contributed by atoms with Gasteiger partial charge in [0, 0.05) is 34.9 Å². The van der Waals surface area contributed by atoms with E-state index < -0.39 is 20.8 Å². The predicted octanol–water partition coefficient (Wildman–Crippen LogP) is 0.205. The fourth-order valence-corrected chi connectivity index (χ4v) is 4.41. The van der Waals surface area contributed by atoms with Crippen LogP contribution < -0.4 is 10.0 Å². The number of sulfonamides is 1. The van der Waals surface area contributed by atoms with Crippen molar-refractivity contribution >= 4 is 20.8 Å². The summed E-state index contributed by atoms with van der Waals surface area (Å²) in [5, 5.41) is 3.23. The van der Waals surface area contributed by atoms with E-state index in [2.05, 4.69) is 10.0 Å². The van der Waals surface area contributed by atoms with E-state index in [1.807, 2.05) is 6.92 Å². The maximum Gasteiger partial charge on any atom is 0.213 e. The third-order valence-corrected chi connectivity index (χ3v) is 5.47. The SMILES string of the molecule is CC(CCS(C)=O)NS(=O)(=O)CC1CCCCN1. The smallest absolute Gasteiger partial charge is 0.213 e. The Kier molecular flexibility index (Phi) is 6.76. The van der Waals surface area contributed by atoms with Gasteiger partial charge in [0.1, 0.15) is 0 Å². The highest BCUT2D eigenvalue weighted by molar-refractivity contribution is 7.89. The molecule has 1 aliphatic heterocycles. The molecule has 2 N–H and O–H groups in total. The minimum atomic E-state index is -3.24. The number of piperidine rings is 1. The molecule has 1 fully saturated rings. The lowest BCUT2D eigenvalue weighted by Gasteiger charge is -2.24. The molecule has 18 heavy (non-hydrogen) atoms. The van der Waals surface area contributed by atoms with Gasteiger partial charge < -0.3 is 5.32 Å². The molecule has 0 saturated carbocycles. The second kappa shape index (κ2) is 7.57. The summed E-state index contributed by atoms with van der Waals surface area (Å²) in [5.74, 6) is 0.678. The van der Waals surface area contributed by atoms with Crippen LogP contribution in [-0.2, 0) is 20.8 Å². The van der Waals surface area contributed by atoms with Gasteiger partial charge in [-0.15, -0.1) is 0 Å². The molecule has 108 valence electrons. The standard InChI is InChI=1S/C11H24N2O3S2/c1-10(6-8-17(2)14)13-18(15,16)9-11-5-3-4-7-12-11/h10-13H,3-9H2,1-2H3. The van der Waals surface area contributed by atoms with Crippen molar-refractivity contribution in [2.24, 2.45) is 0 Å². The second-order valence-corrected chi connectivity index (χ2v) is 8.37. The Morgan fingerprint density at radius 3 is 2.72 bits per heavy atom. The van der Waals surface area contributed by atoms with Crippen molar-refractivity contribution in [1.82, 2.24) is 10.0 Å². The molecule has 0 aliphatic carbocycles. The third kappa shape index (κ3) is 6.82. The molecule has 1 heterocycles. The van der Waals surface area contributed by atoms with Crippen LogP contribution in [0.15, 0.2) is 0 Å². The van der Waals surface area contributed by atoms with Gasteiger partial charge >= 0.3 is 0 Å².